The Hall–Kier alpha value is -2.70. The van der Waals surface area contributed by atoms with E-state index in [9.17, 15) is 18.0 Å². The maximum Gasteiger partial charge on any atom is 0.573 e. The standard InChI is InChI=1S/C17H16F3NO3/c1-2-14(23-12-8-4-3-5-9-12)16(22)21-13-10-6-7-11-15(13)24-17(18,19)20/h3-11,14H,2H2,1H3,(H,21,22). The van der Waals surface area contributed by atoms with Gasteiger partial charge in [-0.15, -0.1) is 13.2 Å². The molecular formula is C17H16F3NO3. The number of para-hydroxylation sites is 3. The number of carbonyl (C=O) groups excluding carboxylic acids is 1. The quantitative estimate of drug-likeness (QED) is 0.849. The Morgan fingerprint density at radius 2 is 1.71 bits per heavy atom. The minimum atomic E-state index is -4.84. The summed E-state index contributed by atoms with van der Waals surface area (Å²) in [5, 5.41) is 2.42. The van der Waals surface area contributed by atoms with Crippen LogP contribution in [0.3, 0.4) is 0 Å². The van der Waals surface area contributed by atoms with Crippen LogP contribution in [0.2, 0.25) is 0 Å². The van der Waals surface area contributed by atoms with Gasteiger partial charge in [0, 0.05) is 0 Å². The Morgan fingerprint density at radius 3 is 2.33 bits per heavy atom. The molecule has 2 aromatic carbocycles. The molecule has 24 heavy (non-hydrogen) atoms. The molecule has 7 heteroatoms. The van der Waals surface area contributed by atoms with E-state index in [2.05, 4.69) is 10.1 Å². The molecule has 1 N–H and O–H groups in total. The predicted octanol–water partition coefficient (Wildman–Crippen LogP) is 4.38. The molecule has 0 aromatic heterocycles. The molecule has 0 spiro atoms. The van der Waals surface area contributed by atoms with E-state index in [0.717, 1.165) is 6.07 Å². The minimum absolute atomic E-state index is 0.0741. The van der Waals surface area contributed by atoms with Gasteiger partial charge in [-0.25, -0.2) is 0 Å². The summed E-state index contributed by atoms with van der Waals surface area (Å²) in [4.78, 5) is 12.3. The van der Waals surface area contributed by atoms with E-state index in [1.807, 2.05) is 0 Å². The van der Waals surface area contributed by atoms with Crippen molar-refractivity contribution in [2.45, 2.75) is 25.8 Å². The zero-order valence-electron chi connectivity index (χ0n) is 12.8. The lowest BCUT2D eigenvalue weighted by molar-refractivity contribution is -0.274. The van der Waals surface area contributed by atoms with E-state index in [0.29, 0.717) is 12.2 Å². The van der Waals surface area contributed by atoms with Crippen molar-refractivity contribution >= 4 is 11.6 Å². The number of nitrogens with one attached hydrogen (secondary N) is 1. The van der Waals surface area contributed by atoms with Crippen LogP contribution in [-0.4, -0.2) is 18.4 Å². The van der Waals surface area contributed by atoms with Gasteiger partial charge in [-0.1, -0.05) is 37.3 Å². The van der Waals surface area contributed by atoms with E-state index in [1.54, 1.807) is 37.3 Å². The highest BCUT2D eigenvalue weighted by Crippen LogP contribution is 2.30. The monoisotopic (exact) mass is 339 g/mol. The average Bonchev–Trinajstić information content (AvgIpc) is 2.54. The van der Waals surface area contributed by atoms with Crippen LogP contribution in [-0.2, 0) is 4.79 Å². The Morgan fingerprint density at radius 1 is 1.08 bits per heavy atom. The summed E-state index contributed by atoms with van der Waals surface area (Å²) in [5.41, 5.74) is -0.0741. The highest BCUT2D eigenvalue weighted by molar-refractivity contribution is 5.95. The van der Waals surface area contributed by atoms with E-state index in [4.69, 9.17) is 4.74 Å². The number of alkyl halides is 3. The highest BCUT2D eigenvalue weighted by Gasteiger charge is 2.32. The van der Waals surface area contributed by atoms with Crippen molar-refractivity contribution in [3.63, 3.8) is 0 Å². The summed E-state index contributed by atoms with van der Waals surface area (Å²) in [7, 11) is 0. The van der Waals surface area contributed by atoms with Crippen LogP contribution in [0.4, 0.5) is 18.9 Å². The van der Waals surface area contributed by atoms with Crippen molar-refractivity contribution in [1.29, 1.82) is 0 Å². The van der Waals surface area contributed by atoms with Gasteiger partial charge in [0.1, 0.15) is 5.75 Å². The molecule has 4 nitrogen and oxygen atoms in total. The van der Waals surface area contributed by atoms with Gasteiger partial charge in [-0.3, -0.25) is 4.79 Å². The molecule has 1 atom stereocenters. The SMILES string of the molecule is CCC(Oc1ccccc1)C(=O)Nc1ccccc1OC(F)(F)F. The van der Waals surface area contributed by atoms with Crippen molar-refractivity contribution in [2.24, 2.45) is 0 Å². The number of carbonyl (C=O) groups is 1. The lowest BCUT2D eigenvalue weighted by atomic mass is 10.2. The lowest BCUT2D eigenvalue weighted by Gasteiger charge is -2.19. The normalized spacial score (nSPS) is 12.3. The molecule has 0 saturated heterocycles. The third-order valence-electron chi connectivity index (χ3n) is 3.06. The molecular weight excluding hydrogens is 323 g/mol. The van der Waals surface area contributed by atoms with Crippen molar-refractivity contribution in [3.05, 3.63) is 54.6 Å². The van der Waals surface area contributed by atoms with Gasteiger partial charge in [0.15, 0.2) is 11.9 Å². The molecule has 0 heterocycles. The van der Waals surface area contributed by atoms with E-state index in [1.165, 1.54) is 18.2 Å². The Kier molecular flexibility index (Phi) is 5.68. The highest BCUT2D eigenvalue weighted by atomic mass is 19.4. The first-order valence-corrected chi connectivity index (χ1v) is 7.26. The first-order valence-electron chi connectivity index (χ1n) is 7.26. The van der Waals surface area contributed by atoms with Crippen LogP contribution in [0.15, 0.2) is 54.6 Å². The maximum absolute atomic E-state index is 12.4. The number of hydrogen-bond donors (Lipinski definition) is 1. The first kappa shape index (κ1) is 17.7. The van der Waals surface area contributed by atoms with Crippen molar-refractivity contribution in [3.8, 4) is 11.5 Å². The van der Waals surface area contributed by atoms with Crippen LogP contribution in [0.1, 0.15) is 13.3 Å². The molecule has 0 saturated carbocycles. The molecule has 0 aliphatic carbocycles. The average molecular weight is 339 g/mol. The van der Waals surface area contributed by atoms with Gasteiger partial charge < -0.3 is 14.8 Å². The fourth-order valence-electron chi connectivity index (χ4n) is 1.98. The fraction of sp³-hybridized carbons (Fsp3) is 0.235. The molecule has 1 amide bonds. The summed E-state index contributed by atoms with van der Waals surface area (Å²) in [5.74, 6) is -0.535. The first-order chi connectivity index (χ1) is 11.4. The van der Waals surface area contributed by atoms with Gasteiger partial charge >= 0.3 is 6.36 Å². The second kappa shape index (κ2) is 7.72. The maximum atomic E-state index is 12.4. The Labute approximate surface area is 137 Å². The number of anilines is 1. The third-order valence-corrected chi connectivity index (χ3v) is 3.06. The summed E-state index contributed by atoms with van der Waals surface area (Å²) in [6.45, 7) is 1.74. The third kappa shape index (κ3) is 5.19. The number of rotatable bonds is 6. The minimum Gasteiger partial charge on any atom is -0.481 e. The smallest absolute Gasteiger partial charge is 0.481 e. The van der Waals surface area contributed by atoms with Crippen LogP contribution in [0, 0.1) is 0 Å². The Bertz CT molecular complexity index is 674. The molecule has 0 fully saturated rings. The number of halogens is 3. The fourth-order valence-corrected chi connectivity index (χ4v) is 1.98. The van der Waals surface area contributed by atoms with E-state index < -0.39 is 24.1 Å². The predicted molar refractivity (Wildman–Crippen MR) is 82.9 cm³/mol. The molecule has 0 bridgehead atoms. The molecule has 2 rings (SSSR count). The van der Waals surface area contributed by atoms with Crippen LogP contribution in [0.25, 0.3) is 0 Å². The Balaban J connectivity index is 2.10. The van der Waals surface area contributed by atoms with Crippen molar-refractivity contribution in [1.82, 2.24) is 0 Å². The van der Waals surface area contributed by atoms with E-state index >= 15 is 0 Å². The second-order valence-electron chi connectivity index (χ2n) is 4.86. The van der Waals surface area contributed by atoms with Crippen LogP contribution in [0.5, 0.6) is 11.5 Å². The number of benzene rings is 2. The topological polar surface area (TPSA) is 47.6 Å². The summed E-state index contributed by atoms with van der Waals surface area (Å²) >= 11 is 0. The number of amides is 1. The molecule has 0 aliphatic rings. The van der Waals surface area contributed by atoms with Gasteiger partial charge in [-0.05, 0) is 30.7 Å². The largest absolute Gasteiger partial charge is 0.573 e. The number of hydrogen-bond acceptors (Lipinski definition) is 3. The summed E-state index contributed by atoms with van der Waals surface area (Å²) in [6.07, 6.45) is -5.33. The van der Waals surface area contributed by atoms with E-state index in [-0.39, 0.29) is 5.69 Å². The summed E-state index contributed by atoms with van der Waals surface area (Å²) < 4.78 is 46.7. The molecule has 0 aliphatic heterocycles. The zero-order chi connectivity index (χ0) is 17.6. The van der Waals surface area contributed by atoms with Gasteiger partial charge in [0.2, 0.25) is 0 Å². The zero-order valence-corrected chi connectivity index (χ0v) is 12.8. The lowest BCUT2D eigenvalue weighted by Crippen LogP contribution is -2.32. The molecule has 0 radical (unpaired) electrons. The van der Waals surface area contributed by atoms with Crippen molar-refractivity contribution in [2.75, 3.05) is 5.32 Å². The summed E-state index contributed by atoms with van der Waals surface area (Å²) in [6, 6.07) is 14.0. The molecule has 1 unspecified atom stereocenters. The van der Waals surface area contributed by atoms with Crippen molar-refractivity contribution < 1.29 is 27.4 Å². The second-order valence-corrected chi connectivity index (χ2v) is 4.86. The van der Waals surface area contributed by atoms with Gasteiger partial charge in [-0.2, -0.15) is 0 Å². The van der Waals surface area contributed by atoms with Crippen LogP contribution < -0.4 is 14.8 Å². The van der Waals surface area contributed by atoms with Crippen LogP contribution >= 0.6 is 0 Å². The van der Waals surface area contributed by atoms with Gasteiger partial charge in [0.25, 0.3) is 5.91 Å². The number of ether oxygens (including phenoxy) is 2. The van der Waals surface area contributed by atoms with Gasteiger partial charge in [0.05, 0.1) is 5.69 Å². The molecule has 128 valence electrons. The molecule has 2 aromatic rings.